The minimum atomic E-state index is -0.761. The lowest BCUT2D eigenvalue weighted by Crippen LogP contribution is -2.18. The number of anilines is 1. The average Bonchev–Trinajstić information content (AvgIpc) is 3.08. The van der Waals surface area contributed by atoms with Crippen LogP contribution in [-0.4, -0.2) is 31.8 Å². The number of nitrogens with one attached hydrogen (secondary N) is 1. The second-order valence-electron chi connectivity index (χ2n) is 6.81. The van der Waals surface area contributed by atoms with Crippen LogP contribution in [0.4, 0.5) is 14.6 Å². The fourth-order valence-corrected chi connectivity index (χ4v) is 3.10. The summed E-state index contributed by atoms with van der Waals surface area (Å²) >= 11 is 0. The standard InChI is InChI=1S/C21H16F2N6O2/c1-11-20(27-28-29(11)10-12-6-7-13(22)8-16(12)23)26-21(31)15-9-18(19(24)30)25-17-5-3-2-4-14(15)17/h2-9H,10H2,1H3,(H2,24,30)(H,26,31). The van der Waals surface area contributed by atoms with Crippen LogP contribution >= 0.6 is 0 Å². The molecule has 0 saturated carbocycles. The smallest absolute Gasteiger partial charge is 0.267 e. The number of aromatic nitrogens is 4. The van der Waals surface area contributed by atoms with Crippen molar-refractivity contribution in [2.75, 3.05) is 5.32 Å². The van der Waals surface area contributed by atoms with Crippen molar-refractivity contribution < 1.29 is 18.4 Å². The van der Waals surface area contributed by atoms with E-state index in [0.29, 0.717) is 16.6 Å². The predicted octanol–water partition coefficient (Wildman–Crippen LogP) is 2.81. The fourth-order valence-electron chi connectivity index (χ4n) is 3.10. The summed E-state index contributed by atoms with van der Waals surface area (Å²) in [4.78, 5) is 28.7. The molecule has 0 bridgehead atoms. The summed E-state index contributed by atoms with van der Waals surface area (Å²) < 4.78 is 28.4. The lowest BCUT2D eigenvalue weighted by Gasteiger charge is -2.09. The third-order valence-electron chi connectivity index (χ3n) is 4.76. The molecule has 0 unspecified atom stereocenters. The molecule has 2 aromatic carbocycles. The van der Waals surface area contributed by atoms with Gasteiger partial charge in [0.1, 0.15) is 17.3 Å². The van der Waals surface area contributed by atoms with Gasteiger partial charge in [0.05, 0.1) is 23.3 Å². The summed E-state index contributed by atoms with van der Waals surface area (Å²) in [7, 11) is 0. The monoisotopic (exact) mass is 422 g/mol. The van der Waals surface area contributed by atoms with E-state index in [0.717, 1.165) is 12.1 Å². The zero-order chi connectivity index (χ0) is 22.1. The van der Waals surface area contributed by atoms with Crippen molar-refractivity contribution in [3.05, 3.63) is 82.7 Å². The van der Waals surface area contributed by atoms with Gasteiger partial charge in [0.25, 0.3) is 11.8 Å². The molecule has 0 atom stereocenters. The molecule has 4 rings (SSSR count). The van der Waals surface area contributed by atoms with E-state index in [1.165, 1.54) is 16.8 Å². The molecule has 2 amide bonds. The second kappa shape index (κ2) is 7.90. The van der Waals surface area contributed by atoms with Gasteiger partial charge in [-0.15, -0.1) is 5.10 Å². The number of carbonyl (C=O) groups is 2. The van der Waals surface area contributed by atoms with Crippen molar-refractivity contribution in [3.63, 3.8) is 0 Å². The molecule has 31 heavy (non-hydrogen) atoms. The summed E-state index contributed by atoms with van der Waals surface area (Å²) in [5, 5.41) is 11.1. The number of nitrogens with two attached hydrogens (primary N) is 1. The third kappa shape index (κ3) is 3.95. The zero-order valence-corrected chi connectivity index (χ0v) is 16.3. The van der Waals surface area contributed by atoms with E-state index in [1.54, 1.807) is 31.2 Å². The van der Waals surface area contributed by atoms with Crippen molar-refractivity contribution in [2.45, 2.75) is 13.5 Å². The predicted molar refractivity (Wildman–Crippen MR) is 108 cm³/mol. The maximum Gasteiger partial charge on any atom is 0.267 e. The summed E-state index contributed by atoms with van der Waals surface area (Å²) in [5.41, 5.74) is 6.61. The molecule has 0 radical (unpaired) electrons. The van der Waals surface area contributed by atoms with Gasteiger partial charge in [-0.25, -0.2) is 18.4 Å². The Morgan fingerprint density at radius 3 is 2.65 bits per heavy atom. The number of rotatable bonds is 5. The Morgan fingerprint density at radius 2 is 1.90 bits per heavy atom. The first-order valence-corrected chi connectivity index (χ1v) is 9.18. The second-order valence-corrected chi connectivity index (χ2v) is 6.81. The molecule has 4 aromatic rings. The fraction of sp³-hybridized carbons (Fsp3) is 0.0952. The molecule has 0 aliphatic rings. The number of pyridine rings is 1. The lowest BCUT2D eigenvalue weighted by atomic mass is 10.1. The van der Waals surface area contributed by atoms with Crippen molar-refractivity contribution >= 4 is 28.5 Å². The van der Waals surface area contributed by atoms with E-state index >= 15 is 0 Å². The Labute approximate surface area is 174 Å². The number of fused-ring (bicyclic) bond motifs is 1. The quantitative estimate of drug-likeness (QED) is 0.513. The maximum atomic E-state index is 13.9. The Balaban J connectivity index is 1.63. The molecule has 10 heteroatoms. The van der Waals surface area contributed by atoms with Crippen molar-refractivity contribution in [3.8, 4) is 0 Å². The van der Waals surface area contributed by atoms with Gasteiger partial charge in [-0.3, -0.25) is 9.59 Å². The van der Waals surface area contributed by atoms with Gasteiger partial charge in [-0.1, -0.05) is 29.5 Å². The molecule has 0 aliphatic heterocycles. The minimum absolute atomic E-state index is 0.00479. The summed E-state index contributed by atoms with van der Waals surface area (Å²) in [6.45, 7) is 1.65. The van der Waals surface area contributed by atoms with Gasteiger partial charge in [-0.2, -0.15) is 0 Å². The first-order chi connectivity index (χ1) is 14.8. The van der Waals surface area contributed by atoms with E-state index in [4.69, 9.17) is 5.73 Å². The van der Waals surface area contributed by atoms with Crippen molar-refractivity contribution in [2.24, 2.45) is 5.73 Å². The number of para-hydroxylation sites is 1. The van der Waals surface area contributed by atoms with Gasteiger partial charge in [0.2, 0.25) is 0 Å². The number of benzene rings is 2. The number of hydrogen-bond acceptors (Lipinski definition) is 5. The largest absolute Gasteiger partial charge is 0.364 e. The average molecular weight is 422 g/mol. The highest BCUT2D eigenvalue weighted by Gasteiger charge is 2.18. The van der Waals surface area contributed by atoms with Crippen LogP contribution in [0.5, 0.6) is 0 Å². The van der Waals surface area contributed by atoms with Crippen LogP contribution in [0.3, 0.4) is 0 Å². The first kappa shape index (κ1) is 20.1. The van der Waals surface area contributed by atoms with Gasteiger partial charge in [0.15, 0.2) is 5.82 Å². The third-order valence-corrected chi connectivity index (χ3v) is 4.76. The zero-order valence-electron chi connectivity index (χ0n) is 16.3. The number of amides is 2. The molecule has 0 saturated heterocycles. The Kier molecular flexibility index (Phi) is 5.12. The van der Waals surface area contributed by atoms with Gasteiger partial charge in [0, 0.05) is 17.0 Å². The maximum absolute atomic E-state index is 13.9. The molecule has 0 fully saturated rings. The van der Waals surface area contributed by atoms with Crippen LogP contribution in [-0.2, 0) is 6.54 Å². The summed E-state index contributed by atoms with van der Waals surface area (Å²) in [6, 6.07) is 11.4. The number of halogens is 2. The van der Waals surface area contributed by atoms with Crippen LogP contribution in [0.25, 0.3) is 10.9 Å². The van der Waals surface area contributed by atoms with Crippen molar-refractivity contribution in [1.29, 1.82) is 0 Å². The molecule has 0 aliphatic carbocycles. The van der Waals surface area contributed by atoms with E-state index in [1.807, 2.05) is 0 Å². The highest BCUT2D eigenvalue weighted by Crippen LogP contribution is 2.21. The first-order valence-electron chi connectivity index (χ1n) is 9.18. The molecule has 3 N–H and O–H groups in total. The number of hydrogen-bond donors (Lipinski definition) is 2. The SMILES string of the molecule is Cc1c(NC(=O)c2cc(C(N)=O)nc3ccccc23)nnn1Cc1ccc(F)cc1F. The topological polar surface area (TPSA) is 116 Å². The Morgan fingerprint density at radius 1 is 1.13 bits per heavy atom. The minimum Gasteiger partial charge on any atom is -0.364 e. The van der Waals surface area contributed by atoms with Crippen molar-refractivity contribution in [1.82, 2.24) is 20.0 Å². The molecular formula is C21H16F2N6O2. The Hall–Kier alpha value is -4.21. The number of nitrogens with zero attached hydrogens (tertiary/aromatic N) is 4. The van der Waals surface area contributed by atoms with Crippen LogP contribution < -0.4 is 11.1 Å². The van der Waals surface area contributed by atoms with E-state index in [2.05, 4.69) is 20.6 Å². The van der Waals surface area contributed by atoms with Gasteiger partial charge < -0.3 is 11.1 Å². The highest BCUT2D eigenvalue weighted by molar-refractivity contribution is 6.13. The van der Waals surface area contributed by atoms with Gasteiger partial charge in [-0.05, 0) is 25.1 Å². The van der Waals surface area contributed by atoms with E-state index in [-0.39, 0.29) is 29.2 Å². The molecule has 2 heterocycles. The highest BCUT2D eigenvalue weighted by atomic mass is 19.1. The van der Waals surface area contributed by atoms with Crippen LogP contribution in [0, 0.1) is 18.6 Å². The summed E-state index contributed by atoms with van der Waals surface area (Å²) in [5.74, 6) is -2.52. The summed E-state index contributed by atoms with van der Waals surface area (Å²) in [6.07, 6.45) is 0. The molecule has 2 aromatic heterocycles. The van der Waals surface area contributed by atoms with E-state index < -0.39 is 23.4 Å². The van der Waals surface area contributed by atoms with Gasteiger partial charge >= 0.3 is 0 Å². The van der Waals surface area contributed by atoms with Crippen LogP contribution in [0.1, 0.15) is 32.1 Å². The molecule has 0 spiro atoms. The lowest BCUT2D eigenvalue weighted by molar-refractivity contribution is 0.0996. The normalized spacial score (nSPS) is 10.9. The van der Waals surface area contributed by atoms with Crippen LogP contribution in [0.15, 0.2) is 48.5 Å². The molecule has 8 nitrogen and oxygen atoms in total. The number of carbonyl (C=O) groups excluding carboxylic acids is 2. The number of primary amides is 1. The van der Waals surface area contributed by atoms with E-state index in [9.17, 15) is 18.4 Å². The Bertz CT molecular complexity index is 1330. The molecular weight excluding hydrogens is 406 g/mol. The molecule has 156 valence electrons. The van der Waals surface area contributed by atoms with Crippen LogP contribution in [0.2, 0.25) is 0 Å².